The number of halogens is 2. The summed E-state index contributed by atoms with van der Waals surface area (Å²) in [6.45, 7) is 6.30. The molecule has 3 rings (SSSR count). The van der Waals surface area contributed by atoms with Gasteiger partial charge in [0, 0.05) is 25.7 Å². The summed E-state index contributed by atoms with van der Waals surface area (Å²) in [6, 6.07) is 9.56. The van der Waals surface area contributed by atoms with E-state index in [1.54, 1.807) is 4.90 Å². The number of amides is 3. The number of nitrogens with zero attached hydrogens (tertiary/aromatic N) is 2. The number of aliphatic hydroxyl groups is 1. The second-order valence-electron chi connectivity index (χ2n) is 10.2. The van der Waals surface area contributed by atoms with Gasteiger partial charge in [-0.3, -0.25) is 14.4 Å². The largest absolute Gasteiger partial charge is 0.390 e. The fourth-order valence-electron chi connectivity index (χ4n) is 5.06. The van der Waals surface area contributed by atoms with E-state index in [1.807, 2.05) is 32.0 Å². The minimum Gasteiger partial charge on any atom is -0.390 e. The van der Waals surface area contributed by atoms with Crippen molar-refractivity contribution < 1.29 is 28.3 Å². The normalized spacial score (nSPS) is 17.2. The Bertz CT molecular complexity index is 1160. The molecule has 8 nitrogen and oxygen atoms in total. The zero-order chi connectivity index (χ0) is 29.2. The van der Waals surface area contributed by atoms with Crippen molar-refractivity contribution in [1.82, 2.24) is 20.4 Å². The first-order valence-electron chi connectivity index (χ1n) is 13.9. The standard InChI is InChI=1S/C30H40F2N4O4/c1-4-10-36-26(6-3)30(40)35(19-29(36)39)18-28(38)34-25(14-22-12-23(31)15-24(32)13-22)27(37)17-33-16-21-9-7-8-20(5-2)11-21/h7-9,11-13,15,25-27,33,37H,4-6,10,14,16-19H2,1-3H3,(H,34,38)/t25-,26+,27+/m0/s1. The van der Waals surface area contributed by atoms with Gasteiger partial charge in [-0.1, -0.05) is 45.0 Å². The van der Waals surface area contributed by atoms with Gasteiger partial charge in [-0.2, -0.15) is 0 Å². The van der Waals surface area contributed by atoms with E-state index in [0.29, 0.717) is 25.9 Å². The lowest BCUT2D eigenvalue weighted by Crippen LogP contribution is -2.61. The second-order valence-corrected chi connectivity index (χ2v) is 10.2. The van der Waals surface area contributed by atoms with Crippen LogP contribution in [0.2, 0.25) is 0 Å². The molecule has 3 amide bonds. The number of rotatable bonds is 14. The van der Waals surface area contributed by atoms with Gasteiger partial charge in [0.1, 0.15) is 30.8 Å². The van der Waals surface area contributed by atoms with Crippen LogP contribution in [0.4, 0.5) is 8.78 Å². The topological polar surface area (TPSA) is 102 Å². The number of hydrogen-bond acceptors (Lipinski definition) is 5. The third-order valence-corrected chi connectivity index (χ3v) is 7.08. The average molecular weight is 559 g/mol. The van der Waals surface area contributed by atoms with E-state index in [4.69, 9.17) is 0 Å². The first-order chi connectivity index (χ1) is 19.1. The number of nitrogens with one attached hydrogen (secondary N) is 2. The molecule has 0 bridgehead atoms. The van der Waals surface area contributed by atoms with Crippen LogP contribution in [-0.2, 0) is 33.8 Å². The molecular weight excluding hydrogens is 518 g/mol. The molecule has 10 heteroatoms. The van der Waals surface area contributed by atoms with Gasteiger partial charge in [0.05, 0.1) is 12.1 Å². The van der Waals surface area contributed by atoms with Gasteiger partial charge in [-0.15, -0.1) is 0 Å². The summed E-state index contributed by atoms with van der Waals surface area (Å²) in [5.41, 5.74) is 2.49. The number of aliphatic hydroxyl groups excluding tert-OH is 1. The molecule has 3 atom stereocenters. The van der Waals surface area contributed by atoms with Crippen molar-refractivity contribution >= 4 is 17.7 Å². The van der Waals surface area contributed by atoms with Crippen LogP contribution in [0.1, 0.15) is 50.3 Å². The van der Waals surface area contributed by atoms with Crippen molar-refractivity contribution in [2.45, 2.75) is 71.2 Å². The first kappa shape index (κ1) is 31.2. The lowest BCUT2D eigenvalue weighted by molar-refractivity contribution is -0.157. The monoisotopic (exact) mass is 558 g/mol. The Kier molecular flexibility index (Phi) is 11.6. The number of piperazine rings is 1. The fourth-order valence-corrected chi connectivity index (χ4v) is 5.06. The Balaban J connectivity index is 1.69. The summed E-state index contributed by atoms with van der Waals surface area (Å²) in [7, 11) is 0. The Labute approximate surface area is 234 Å². The second kappa shape index (κ2) is 14.9. The maximum absolute atomic E-state index is 13.9. The summed E-state index contributed by atoms with van der Waals surface area (Å²) in [4.78, 5) is 41.6. The molecule has 0 aromatic heterocycles. The molecular formula is C30H40F2N4O4. The summed E-state index contributed by atoms with van der Waals surface area (Å²) in [6.07, 6.45) is 0.904. The van der Waals surface area contributed by atoms with Gasteiger partial charge < -0.3 is 25.5 Å². The molecule has 1 saturated heterocycles. The van der Waals surface area contributed by atoms with Crippen LogP contribution in [0.3, 0.4) is 0 Å². The molecule has 1 heterocycles. The SMILES string of the molecule is CCCN1C(=O)CN(CC(=O)N[C@@H](Cc2cc(F)cc(F)c2)[C@H](O)CNCc2cccc(CC)c2)C(=O)[C@H]1CC. The van der Waals surface area contributed by atoms with Gasteiger partial charge in [0.25, 0.3) is 0 Å². The average Bonchev–Trinajstić information content (AvgIpc) is 2.91. The zero-order valence-electron chi connectivity index (χ0n) is 23.5. The van der Waals surface area contributed by atoms with Crippen LogP contribution in [-0.4, -0.2) is 77.0 Å². The van der Waals surface area contributed by atoms with Crippen LogP contribution in [0.5, 0.6) is 0 Å². The van der Waals surface area contributed by atoms with Crippen LogP contribution in [0.25, 0.3) is 0 Å². The molecule has 218 valence electrons. The van der Waals surface area contributed by atoms with Crippen LogP contribution < -0.4 is 10.6 Å². The Morgan fingerprint density at radius 2 is 1.75 bits per heavy atom. The number of hydrogen-bond donors (Lipinski definition) is 3. The number of carbonyl (C=O) groups is 3. The molecule has 0 spiro atoms. The van der Waals surface area contributed by atoms with E-state index < -0.39 is 35.7 Å². The quantitative estimate of drug-likeness (QED) is 0.331. The van der Waals surface area contributed by atoms with E-state index in [0.717, 1.165) is 30.2 Å². The highest BCUT2D eigenvalue weighted by Crippen LogP contribution is 2.17. The molecule has 0 unspecified atom stereocenters. The van der Waals surface area contributed by atoms with Crippen molar-refractivity contribution in [2.75, 3.05) is 26.2 Å². The molecule has 1 fully saturated rings. The Morgan fingerprint density at radius 3 is 2.40 bits per heavy atom. The smallest absolute Gasteiger partial charge is 0.246 e. The maximum Gasteiger partial charge on any atom is 0.246 e. The molecule has 1 aliphatic heterocycles. The number of benzene rings is 2. The van der Waals surface area contributed by atoms with E-state index in [2.05, 4.69) is 23.6 Å². The highest BCUT2D eigenvalue weighted by Gasteiger charge is 2.38. The van der Waals surface area contributed by atoms with Crippen LogP contribution in [0, 0.1) is 11.6 Å². The molecule has 40 heavy (non-hydrogen) atoms. The highest BCUT2D eigenvalue weighted by atomic mass is 19.1. The molecule has 2 aromatic rings. The van der Waals surface area contributed by atoms with Crippen molar-refractivity contribution in [1.29, 1.82) is 0 Å². The lowest BCUT2D eigenvalue weighted by atomic mass is 10.00. The van der Waals surface area contributed by atoms with E-state index in [9.17, 15) is 28.3 Å². The molecule has 1 aliphatic rings. The van der Waals surface area contributed by atoms with E-state index in [1.165, 1.54) is 10.5 Å². The van der Waals surface area contributed by atoms with Crippen molar-refractivity contribution in [3.05, 3.63) is 70.8 Å². The van der Waals surface area contributed by atoms with E-state index >= 15 is 0 Å². The summed E-state index contributed by atoms with van der Waals surface area (Å²) in [5, 5.41) is 16.9. The van der Waals surface area contributed by atoms with Gasteiger partial charge in [-0.25, -0.2) is 8.78 Å². The Morgan fingerprint density at radius 1 is 1.05 bits per heavy atom. The third-order valence-electron chi connectivity index (χ3n) is 7.08. The van der Waals surface area contributed by atoms with Crippen molar-refractivity contribution in [3.63, 3.8) is 0 Å². The molecule has 0 radical (unpaired) electrons. The third kappa shape index (κ3) is 8.56. The summed E-state index contributed by atoms with van der Waals surface area (Å²) >= 11 is 0. The lowest BCUT2D eigenvalue weighted by Gasteiger charge is -2.39. The maximum atomic E-state index is 13.9. The number of aryl methyl sites for hydroxylation is 1. The summed E-state index contributed by atoms with van der Waals surface area (Å²) in [5.74, 6) is -2.61. The fraction of sp³-hybridized carbons (Fsp3) is 0.500. The van der Waals surface area contributed by atoms with Gasteiger partial charge >= 0.3 is 0 Å². The van der Waals surface area contributed by atoms with Crippen molar-refractivity contribution in [3.8, 4) is 0 Å². The number of carbonyl (C=O) groups excluding carboxylic acids is 3. The Hall–Kier alpha value is -3.37. The van der Waals surface area contributed by atoms with Gasteiger partial charge in [0.2, 0.25) is 17.7 Å². The molecule has 3 N–H and O–H groups in total. The minimum atomic E-state index is -1.10. The molecule has 2 aromatic carbocycles. The predicted molar refractivity (Wildman–Crippen MR) is 148 cm³/mol. The van der Waals surface area contributed by atoms with Gasteiger partial charge in [-0.05, 0) is 54.5 Å². The molecule has 0 saturated carbocycles. The van der Waals surface area contributed by atoms with E-state index in [-0.39, 0.29) is 43.4 Å². The van der Waals surface area contributed by atoms with Crippen LogP contribution >= 0.6 is 0 Å². The van der Waals surface area contributed by atoms with Gasteiger partial charge in [0.15, 0.2) is 0 Å². The van der Waals surface area contributed by atoms with Crippen molar-refractivity contribution in [2.24, 2.45) is 0 Å². The zero-order valence-corrected chi connectivity index (χ0v) is 23.5. The highest BCUT2D eigenvalue weighted by molar-refractivity contribution is 5.97. The summed E-state index contributed by atoms with van der Waals surface area (Å²) < 4.78 is 27.7. The predicted octanol–water partition coefficient (Wildman–Crippen LogP) is 2.56. The first-order valence-corrected chi connectivity index (χ1v) is 13.9. The van der Waals surface area contributed by atoms with Crippen LogP contribution in [0.15, 0.2) is 42.5 Å². The molecule has 0 aliphatic carbocycles. The minimum absolute atomic E-state index is 0.0384.